The molecule has 4 N–H and O–H groups in total. The van der Waals surface area contributed by atoms with Gasteiger partial charge in [0.05, 0.1) is 16.8 Å². The SMILES string of the molecule is O=C(Nc1nc2c(C(=O)Nc3ncc[nH]3)cccc2[nH]1)c1cccc(-c2ccccc2F)n1. The number of nitrogens with zero attached hydrogens (tertiary/aromatic N) is 3. The van der Waals surface area contributed by atoms with Gasteiger partial charge in [-0.25, -0.2) is 19.3 Å². The van der Waals surface area contributed by atoms with Gasteiger partial charge in [0.15, 0.2) is 0 Å². The van der Waals surface area contributed by atoms with E-state index < -0.39 is 17.6 Å². The zero-order valence-electron chi connectivity index (χ0n) is 17.0. The van der Waals surface area contributed by atoms with E-state index in [0.29, 0.717) is 33.8 Å². The molecule has 0 aliphatic heterocycles. The number of hydrogen-bond donors (Lipinski definition) is 4. The quantitative estimate of drug-likeness (QED) is 0.328. The van der Waals surface area contributed by atoms with Gasteiger partial charge < -0.3 is 9.97 Å². The number of carbonyl (C=O) groups is 2. The van der Waals surface area contributed by atoms with E-state index in [0.717, 1.165) is 0 Å². The van der Waals surface area contributed by atoms with Gasteiger partial charge in [0.25, 0.3) is 11.8 Å². The fraction of sp³-hybridized carbons (Fsp3) is 0. The molecule has 0 radical (unpaired) electrons. The molecule has 0 atom stereocenters. The van der Waals surface area contributed by atoms with Gasteiger partial charge in [-0.3, -0.25) is 20.2 Å². The van der Waals surface area contributed by atoms with Crippen molar-refractivity contribution in [2.24, 2.45) is 0 Å². The summed E-state index contributed by atoms with van der Waals surface area (Å²) in [6, 6.07) is 16.0. The predicted molar refractivity (Wildman–Crippen MR) is 120 cm³/mol. The lowest BCUT2D eigenvalue weighted by atomic mass is 10.1. The highest BCUT2D eigenvalue weighted by atomic mass is 19.1. The van der Waals surface area contributed by atoms with Gasteiger partial charge in [0, 0.05) is 18.0 Å². The average Bonchev–Trinajstić information content (AvgIpc) is 3.48. The topological polar surface area (TPSA) is 128 Å². The Balaban J connectivity index is 1.40. The van der Waals surface area contributed by atoms with Crippen LogP contribution in [0, 0.1) is 5.82 Å². The minimum Gasteiger partial charge on any atom is -0.331 e. The molecule has 0 bridgehead atoms. The third-order valence-corrected chi connectivity index (χ3v) is 4.85. The average molecular weight is 441 g/mol. The maximum absolute atomic E-state index is 14.1. The number of carbonyl (C=O) groups excluding carboxylic acids is 2. The second-order valence-electron chi connectivity index (χ2n) is 7.02. The van der Waals surface area contributed by atoms with Crippen molar-refractivity contribution in [1.29, 1.82) is 0 Å². The largest absolute Gasteiger partial charge is 0.331 e. The molecule has 0 saturated heterocycles. The number of halogens is 1. The summed E-state index contributed by atoms with van der Waals surface area (Å²) < 4.78 is 14.1. The molecule has 2 aromatic carbocycles. The number of fused-ring (bicyclic) bond motifs is 1. The lowest BCUT2D eigenvalue weighted by Crippen LogP contribution is -2.15. The van der Waals surface area contributed by atoms with E-state index in [1.807, 2.05) is 0 Å². The molecule has 10 heteroatoms. The predicted octanol–water partition coefficient (Wildman–Crippen LogP) is 3.99. The van der Waals surface area contributed by atoms with E-state index in [9.17, 15) is 14.0 Å². The molecule has 9 nitrogen and oxygen atoms in total. The number of H-pyrrole nitrogens is 2. The summed E-state index contributed by atoms with van der Waals surface area (Å²) in [5.41, 5.74) is 1.97. The van der Waals surface area contributed by atoms with Crippen molar-refractivity contribution >= 4 is 34.7 Å². The van der Waals surface area contributed by atoms with E-state index in [4.69, 9.17) is 0 Å². The number of pyridine rings is 1. The Labute approximate surface area is 186 Å². The Morgan fingerprint density at radius 3 is 2.48 bits per heavy atom. The first-order valence-electron chi connectivity index (χ1n) is 9.91. The fourth-order valence-electron chi connectivity index (χ4n) is 3.33. The van der Waals surface area contributed by atoms with Crippen molar-refractivity contribution in [1.82, 2.24) is 24.9 Å². The minimum absolute atomic E-state index is 0.0898. The van der Waals surface area contributed by atoms with Crippen LogP contribution in [0.25, 0.3) is 22.3 Å². The monoisotopic (exact) mass is 441 g/mol. The Bertz CT molecular complexity index is 1480. The normalized spacial score (nSPS) is 10.8. The van der Waals surface area contributed by atoms with E-state index in [1.54, 1.807) is 54.7 Å². The van der Waals surface area contributed by atoms with E-state index in [1.165, 1.54) is 18.3 Å². The summed E-state index contributed by atoms with van der Waals surface area (Å²) in [5, 5.41) is 5.29. The molecule has 33 heavy (non-hydrogen) atoms. The first-order valence-corrected chi connectivity index (χ1v) is 9.91. The number of benzene rings is 2. The molecule has 3 heterocycles. The second-order valence-corrected chi connectivity index (χ2v) is 7.02. The number of aromatic nitrogens is 5. The lowest BCUT2D eigenvalue weighted by Gasteiger charge is -2.05. The van der Waals surface area contributed by atoms with Gasteiger partial charge in [-0.1, -0.05) is 24.3 Å². The van der Waals surface area contributed by atoms with Crippen molar-refractivity contribution < 1.29 is 14.0 Å². The zero-order chi connectivity index (χ0) is 22.8. The molecular formula is C23H16FN7O2. The molecule has 3 aromatic heterocycles. The molecule has 0 unspecified atom stereocenters. The molecule has 0 saturated carbocycles. The lowest BCUT2D eigenvalue weighted by molar-refractivity contribution is 0.101. The molecule has 5 aromatic rings. The Morgan fingerprint density at radius 1 is 0.848 bits per heavy atom. The van der Waals surface area contributed by atoms with Crippen molar-refractivity contribution in [2.45, 2.75) is 0 Å². The number of imidazole rings is 2. The summed E-state index contributed by atoms with van der Waals surface area (Å²) >= 11 is 0. The summed E-state index contributed by atoms with van der Waals surface area (Å²) in [4.78, 5) is 43.8. The first-order chi connectivity index (χ1) is 16.1. The number of anilines is 2. The van der Waals surface area contributed by atoms with Gasteiger partial charge in [0.1, 0.15) is 17.0 Å². The van der Waals surface area contributed by atoms with Crippen LogP contribution in [0.15, 0.2) is 73.1 Å². The first kappa shape index (κ1) is 20.1. The highest BCUT2D eigenvalue weighted by Crippen LogP contribution is 2.22. The van der Waals surface area contributed by atoms with Crippen LogP contribution in [0.5, 0.6) is 0 Å². The van der Waals surface area contributed by atoms with E-state index in [-0.39, 0.29) is 11.6 Å². The maximum Gasteiger partial charge on any atom is 0.276 e. The van der Waals surface area contributed by atoms with Gasteiger partial charge in [-0.15, -0.1) is 0 Å². The van der Waals surface area contributed by atoms with Crippen molar-refractivity contribution in [3.63, 3.8) is 0 Å². The van der Waals surface area contributed by atoms with Crippen LogP contribution in [0.4, 0.5) is 16.3 Å². The van der Waals surface area contributed by atoms with E-state index >= 15 is 0 Å². The number of aromatic amines is 2. The van der Waals surface area contributed by atoms with Crippen LogP contribution in [0.3, 0.4) is 0 Å². The maximum atomic E-state index is 14.1. The van der Waals surface area contributed by atoms with Crippen LogP contribution < -0.4 is 10.6 Å². The second kappa shape index (κ2) is 8.35. The molecular weight excluding hydrogens is 425 g/mol. The number of rotatable bonds is 5. The number of hydrogen-bond acceptors (Lipinski definition) is 5. The van der Waals surface area contributed by atoms with E-state index in [2.05, 4.69) is 35.6 Å². The van der Waals surface area contributed by atoms with Gasteiger partial charge in [-0.05, 0) is 36.4 Å². The number of nitrogens with one attached hydrogen (secondary N) is 4. The van der Waals surface area contributed by atoms with Crippen molar-refractivity contribution in [3.05, 3.63) is 90.1 Å². The van der Waals surface area contributed by atoms with Crippen LogP contribution in [-0.4, -0.2) is 36.7 Å². The zero-order valence-corrected chi connectivity index (χ0v) is 17.0. The molecule has 0 aliphatic carbocycles. The molecule has 162 valence electrons. The number of para-hydroxylation sites is 1. The molecule has 0 aliphatic rings. The fourth-order valence-corrected chi connectivity index (χ4v) is 3.33. The Hall–Kier alpha value is -4.86. The number of amides is 2. The highest BCUT2D eigenvalue weighted by molar-refractivity contribution is 6.11. The van der Waals surface area contributed by atoms with Gasteiger partial charge in [0.2, 0.25) is 11.9 Å². The summed E-state index contributed by atoms with van der Waals surface area (Å²) in [5.74, 6) is -0.915. The summed E-state index contributed by atoms with van der Waals surface area (Å²) in [7, 11) is 0. The summed E-state index contributed by atoms with van der Waals surface area (Å²) in [6.45, 7) is 0. The van der Waals surface area contributed by atoms with Crippen LogP contribution >= 0.6 is 0 Å². The standard InChI is InChI=1S/C23H16FN7O2/c24-15-7-2-1-5-13(15)16-8-4-10-18(27-16)21(33)31-23-28-17-9-3-6-14(19(17)29-23)20(32)30-22-25-11-12-26-22/h1-12H,(H2,25,26,30,32)(H2,28,29,31,33). The summed E-state index contributed by atoms with van der Waals surface area (Å²) in [6.07, 6.45) is 3.11. The third-order valence-electron chi connectivity index (χ3n) is 4.85. The van der Waals surface area contributed by atoms with Gasteiger partial charge >= 0.3 is 0 Å². The minimum atomic E-state index is -0.533. The van der Waals surface area contributed by atoms with Gasteiger partial charge in [-0.2, -0.15) is 0 Å². The van der Waals surface area contributed by atoms with Crippen LogP contribution in [0.2, 0.25) is 0 Å². The Morgan fingerprint density at radius 2 is 1.67 bits per heavy atom. The van der Waals surface area contributed by atoms with Crippen LogP contribution in [0.1, 0.15) is 20.8 Å². The Kier molecular flexibility index (Phi) is 5.07. The molecule has 5 rings (SSSR count). The smallest absolute Gasteiger partial charge is 0.276 e. The molecule has 0 fully saturated rings. The molecule has 2 amide bonds. The highest BCUT2D eigenvalue weighted by Gasteiger charge is 2.17. The molecule has 0 spiro atoms. The third kappa shape index (κ3) is 4.04. The van der Waals surface area contributed by atoms with Crippen molar-refractivity contribution in [3.8, 4) is 11.3 Å². The van der Waals surface area contributed by atoms with Crippen molar-refractivity contribution in [2.75, 3.05) is 10.6 Å². The van der Waals surface area contributed by atoms with Crippen LogP contribution in [-0.2, 0) is 0 Å².